The van der Waals surface area contributed by atoms with E-state index in [-0.39, 0.29) is 5.91 Å². The fraction of sp³-hybridized carbons (Fsp3) is 0.174. The Kier molecular flexibility index (Phi) is 6.61. The fourth-order valence-corrected chi connectivity index (χ4v) is 4.93. The van der Waals surface area contributed by atoms with Crippen LogP contribution in [-0.4, -0.2) is 33.0 Å². The van der Waals surface area contributed by atoms with Crippen LogP contribution < -0.4 is 5.32 Å². The molecule has 2 aromatic carbocycles. The van der Waals surface area contributed by atoms with Crippen LogP contribution in [0.4, 0.5) is 0 Å². The van der Waals surface area contributed by atoms with Crippen molar-refractivity contribution in [3.05, 3.63) is 78.2 Å². The van der Waals surface area contributed by atoms with Gasteiger partial charge in [-0.25, -0.2) is 0 Å². The maximum absolute atomic E-state index is 12.3. The Morgan fingerprint density at radius 3 is 2.77 bits per heavy atom. The second-order valence-electron chi connectivity index (χ2n) is 6.73. The van der Waals surface area contributed by atoms with Crippen LogP contribution in [0.15, 0.2) is 77.8 Å². The van der Waals surface area contributed by atoms with E-state index in [0.717, 1.165) is 28.4 Å². The van der Waals surface area contributed by atoms with E-state index in [9.17, 15) is 4.79 Å². The van der Waals surface area contributed by atoms with Crippen molar-refractivity contribution in [3.63, 3.8) is 0 Å². The van der Waals surface area contributed by atoms with Gasteiger partial charge in [-0.3, -0.25) is 9.36 Å². The molecule has 0 aliphatic rings. The molecule has 0 fully saturated rings. The van der Waals surface area contributed by atoms with E-state index in [1.54, 1.807) is 11.3 Å². The standard InChI is InChI=1S/C23H22N4OS2/c1-2-14-27-22(19-15-29-20-11-7-6-10-18(19)20)25-26-23(27)30-16-21(28)24-13-12-17-8-4-3-5-9-17/h2-11,15H,1,12-14,16H2,(H,24,28). The number of thioether (sulfide) groups is 1. The Morgan fingerprint density at radius 2 is 1.93 bits per heavy atom. The molecule has 5 nitrogen and oxygen atoms in total. The number of carbonyl (C=O) groups is 1. The lowest BCUT2D eigenvalue weighted by Crippen LogP contribution is -2.27. The number of amides is 1. The first-order valence-electron chi connectivity index (χ1n) is 9.70. The van der Waals surface area contributed by atoms with Crippen LogP contribution in [0.1, 0.15) is 5.56 Å². The molecule has 0 atom stereocenters. The molecular weight excluding hydrogens is 412 g/mol. The fourth-order valence-electron chi connectivity index (χ4n) is 3.21. The lowest BCUT2D eigenvalue weighted by atomic mass is 10.1. The van der Waals surface area contributed by atoms with E-state index in [2.05, 4.69) is 51.7 Å². The molecule has 0 saturated carbocycles. The maximum Gasteiger partial charge on any atom is 0.230 e. The predicted molar refractivity (Wildman–Crippen MR) is 125 cm³/mol. The Balaban J connectivity index is 1.42. The number of thiophene rings is 1. The molecule has 1 amide bonds. The second kappa shape index (κ2) is 9.73. The van der Waals surface area contributed by atoms with Crippen LogP contribution in [0.25, 0.3) is 21.5 Å². The first kappa shape index (κ1) is 20.4. The van der Waals surface area contributed by atoms with Crippen LogP contribution >= 0.6 is 23.1 Å². The number of nitrogens with one attached hydrogen (secondary N) is 1. The highest BCUT2D eigenvalue weighted by molar-refractivity contribution is 7.99. The summed E-state index contributed by atoms with van der Waals surface area (Å²) >= 11 is 3.09. The third-order valence-electron chi connectivity index (χ3n) is 4.66. The number of nitrogens with zero attached hydrogens (tertiary/aromatic N) is 3. The third-order valence-corrected chi connectivity index (χ3v) is 6.59. The molecule has 1 N–H and O–H groups in total. The Morgan fingerprint density at radius 1 is 1.13 bits per heavy atom. The molecule has 4 rings (SSSR count). The van der Waals surface area contributed by atoms with E-state index in [4.69, 9.17) is 0 Å². The molecule has 30 heavy (non-hydrogen) atoms. The molecular formula is C23H22N4OS2. The van der Waals surface area contributed by atoms with Gasteiger partial charge in [-0.2, -0.15) is 0 Å². The van der Waals surface area contributed by atoms with Crippen LogP contribution in [0, 0.1) is 0 Å². The number of allylic oxidation sites excluding steroid dienone is 1. The first-order valence-corrected chi connectivity index (χ1v) is 11.6. The summed E-state index contributed by atoms with van der Waals surface area (Å²) in [6.07, 6.45) is 2.64. The van der Waals surface area contributed by atoms with Crippen LogP contribution in [0.2, 0.25) is 0 Å². The Labute approximate surface area is 183 Å². The van der Waals surface area contributed by atoms with Crippen molar-refractivity contribution in [3.8, 4) is 11.4 Å². The number of hydrogen-bond acceptors (Lipinski definition) is 5. The van der Waals surface area contributed by atoms with Gasteiger partial charge in [0.2, 0.25) is 5.91 Å². The highest BCUT2D eigenvalue weighted by Gasteiger charge is 2.17. The van der Waals surface area contributed by atoms with Crippen molar-refractivity contribution in [2.75, 3.05) is 12.3 Å². The number of carbonyl (C=O) groups excluding carboxylic acids is 1. The molecule has 0 bridgehead atoms. The lowest BCUT2D eigenvalue weighted by Gasteiger charge is -2.08. The van der Waals surface area contributed by atoms with Crippen LogP contribution in [0.5, 0.6) is 0 Å². The Bertz CT molecular complexity index is 1150. The molecule has 0 spiro atoms. The summed E-state index contributed by atoms with van der Waals surface area (Å²) in [6.45, 7) is 5.07. The quantitative estimate of drug-likeness (QED) is 0.304. The van der Waals surface area contributed by atoms with Crippen molar-refractivity contribution in [1.82, 2.24) is 20.1 Å². The minimum Gasteiger partial charge on any atom is -0.355 e. The van der Waals surface area contributed by atoms with Gasteiger partial charge >= 0.3 is 0 Å². The summed E-state index contributed by atoms with van der Waals surface area (Å²) < 4.78 is 3.23. The molecule has 2 heterocycles. The molecule has 0 radical (unpaired) electrons. The highest BCUT2D eigenvalue weighted by atomic mass is 32.2. The number of benzene rings is 2. The molecule has 0 aliphatic heterocycles. The Hall–Kier alpha value is -2.90. The number of rotatable bonds is 9. The van der Waals surface area contributed by atoms with Gasteiger partial charge in [-0.1, -0.05) is 66.4 Å². The smallest absolute Gasteiger partial charge is 0.230 e. The van der Waals surface area contributed by atoms with Crippen molar-refractivity contribution in [2.24, 2.45) is 0 Å². The summed E-state index contributed by atoms with van der Waals surface area (Å²) in [6, 6.07) is 18.4. The predicted octanol–water partition coefficient (Wildman–Crippen LogP) is 4.80. The summed E-state index contributed by atoms with van der Waals surface area (Å²) in [5, 5.41) is 15.7. The van der Waals surface area contributed by atoms with Gasteiger partial charge in [-0.05, 0) is 18.1 Å². The van der Waals surface area contributed by atoms with E-state index in [1.807, 2.05) is 41.0 Å². The molecule has 4 aromatic rings. The number of fused-ring (bicyclic) bond motifs is 1. The molecule has 152 valence electrons. The highest BCUT2D eigenvalue weighted by Crippen LogP contribution is 2.34. The van der Waals surface area contributed by atoms with Crippen LogP contribution in [0.3, 0.4) is 0 Å². The SMILES string of the molecule is C=CCn1c(SCC(=O)NCCc2ccccc2)nnc1-c1csc2ccccc12. The monoisotopic (exact) mass is 434 g/mol. The lowest BCUT2D eigenvalue weighted by molar-refractivity contribution is -0.118. The van der Waals surface area contributed by atoms with Gasteiger partial charge in [0.25, 0.3) is 0 Å². The van der Waals surface area contributed by atoms with Gasteiger partial charge in [0, 0.05) is 34.1 Å². The zero-order valence-corrected chi connectivity index (χ0v) is 18.1. The van der Waals surface area contributed by atoms with E-state index < -0.39 is 0 Å². The summed E-state index contributed by atoms with van der Waals surface area (Å²) in [4.78, 5) is 12.3. The van der Waals surface area contributed by atoms with E-state index in [1.165, 1.54) is 22.0 Å². The molecule has 0 unspecified atom stereocenters. The summed E-state index contributed by atoms with van der Waals surface area (Å²) in [5.74, 6) is 1.10. The molecule has 0 saturated heterocycles. The second-order valence-corrected chi connectivity index (χ2v) is 8.58. The van der Waals surface area contributed by atoms with Crippen molar-refractivity contribution in [1.29, 1.82) is 0 Å². The topological polar surface area (TPSA) is 59.8 Å². The first-order chi connectivity index (χ1) is 14.8. The summed E-state index contributed by atoms with van der Waals surface area (Å²) in [5.41, 5.74) is 2.27. The van der Waals surface area contributed by atoms with Gasteiger partial charge < -0.3 is 5.32 Å². The molecule has 0 aliphatic carbocycles. The van der Waals surface area contributed by atoms with Gasteiger partial charge in [-0.15, -0.1) is 28.1 Å². The van der Waals surface area contributed by atoms with Gasteiger partial charge in [0.15, 0.2) is 11.0 Å². The van der Waals surface area contributed by atoms with Gasteiger partial charge in [0.05, 0.1) is 5.75 Å². The molecule has 7 heteroatoms. The minimum absolute atomic E-state index is 0.00776. The zero-order valence-electron chi connectivity index (χ0n) is 16.5. The van der Waals surface area contributed by atoms with Crippen LogP contribution in [-0.2, 0) is 17.8 Å². The van der Waals surface area contributed by atoms with Crippen molar-refractivity contribution >= 4 is 39.1 Å². The maximum atomic E-state index is 12.3. The molecule has 2 aromatic heterocycles. The average Bonchev–Trinajstić information content (AvgIpc) is 3.37. The van der Waals surface area contributed by atoms with E-state index in [0.29, 0.717) is 18.8 Å². The number of hydrogen-bond donors (Lipinski definition) is 1. The van der Waals surface area contributed by atoms with Gasteiger partial charge in [0.1, 0.15) is 0 Å². The average molecular weight is 435 g/mol. The zero-order chi connectivity index (χ0) is 20.8. The van der Waals surface area contributed by atoms with Crippen molar-refractivity contribution in [2.45, 2.75) is 18.1 Å². The third kappa shape index (κ3) is 4.63. The van der Waals surface area contributed by atoms with Crippen molar-refractivity contribution < 1.29 is 4.79 Å². The normalized spacial score (nSPS) is 10.9. The van der Waals surface area contributed by atoms with E-state index >= 15 is 0 Å². The largest absolute Gasteiger partial charge is 0.355 e. The minimum atomic E-state index is -0.00776. The number of aromatic nitrogens is 3. The summed E-state index contributed by atoms with van der Waals surface area (Å²) in [7, 11) is 0.